The summed E-state index contributed by atoms with van der Waals surface area (Å²) >= 11 is 0. The van der Waals surface area contributed by atoms with Crippen molar-refractivity contribution in [3.63, 3.8) is 0 Å². The highest BCUT2D eigenvalue weighted by Crippen LogP contribution is 2.18. The molecule has 0 atom stereocenters. The largest absolute Gasteiger partial charge is 0.353 e. The number of amides is 1. The Labute approximate surface area is 115 Å². The lowest BCUT2D eigenvalue weighted by molar-refractivity contribution is -0.121. The molecule has 1 saturated carbocycles. The maximum Gasteiger partial charge on any atom is 0.224 e. The Bertz CT molecular complexity index is 383. The number of hydrogen-bond donors (Lipinski definition) is 2. The van der Waals surface area contributed by atoms with Crippen molar-refractivity contribution in [1.82, 2.24) is 10.6 Å². The third-order valence-corrected chi connectivity index (χ3v) is 3.79. The van der Waals surface area contributed by atoms with Crippen LogP contribution in [0.2, 0.25) is 0 Å². The van der Waals surface area contributed by atoms with Gasteiger partial charge in [-0.05, 0) is 37.8 Å². The molecule has 0 aliphatic heterocycles. The Morgan fingerprint density at radius 3 is 2.37 bits per heavy atom. The summed E-state index contributed by atoms with van der Waals surface area (Å²) in [6.45, 7) is 3.18. The van der Waals surface area contributed by atoms with E-state index in [1.54, 1.807) is 0 Å². The van der Waals surface area contributed by atoms with Gasteiger partial charge in [-0.15, -0.1) is 0 Å². The van der Waals surface area contributed by atoms with Gasteiger partial charge in [0.15, 0.2) is 0 Å². The number of rotatable bonds is 5. The van der Waals surface area contributed by atoms with Crippen LogP contribution >= 0.6 is 0 Å². The van der Waals surface area contributed by atoms with Crippen molar-refractivity contribution in [3.8, 4) is 0 Å². The van der Waals surface area contributed by atoms with Crippen LogP contribution in [0.4, 0.5) is 0 Å². The molecule has 3 heteroatoms. The fourth-order valence-corrected chi connectivity index (χ4v) is 2.79. The number of carbonyl (C=O) groups excluding carboxylic acids is 1. The smallest absolute Gasteiger partial charge is 0.224 e. The summed E-state index contributed by atoms with van der Waals surface area (Å²) in [5.41, 5.74) is 1.08. The zero-order valence-corrected chi connectivity index (χ0v) is 11.7. The summed E-state index contributed by atoms with van der Waals surface area (Å²) in [6, 6.07) is 10.9. The van der Waals surface area contributed by atoms with Gasteiger partial charge >= 0.3 is 0 Å². The molecular formula is C16H24N2O. The normalized spacial score (nSPS) is 23.0. The van der Waals surface area contributed by atoms with Gasteiger partial charge in [0.2, 0.25) is 5.91 Å². The molecule has 1 aromatic rings. The highest BCUT2D eigenvalue weighted by atomic mass is 16.1. The van der Waals surface area contributed by atoms with E-state index in [0.717, 1.165) is 24.9 Å². The molecule has 2 rings (SSSR count). The summed E-state index contributed by atoms with van der Waals surface area (Å²) in [7, 11) is 0. The molecule has 0 radical (unpaired) electrons. The number of carbonyl (C=O) groups is 1. The molecule has 1 amide bonds. The number of nitrogens with one attached hydrogen (secondary N) is 2. The van der Waals surface area contributed by atoms with Crippen molar-refractivity contribution in [1.29, 1.82) is 0 Å². The van der Waals surface area contributed by atoms with Gasteiger partial charge in [-0.3, -0.25) is 4.79 Å². The Morgan fingerprint density at radius 1 is 1.11 bits per heavy atom. The van der Waals surface area contributed by atoms with E-state index in [0.29, 0.717) is 18.5 Å². The van der Waals surface area contributed by atoms with Crippen molar-refractivity contribution < 1.29 is 4.79 Å². The predicted molar refractivity (Wildman–Crippen MR) is 78.0 cm³/mol. The first-order chi connectivity index (χ1) is 9.28. The number of hydrogen-bond acceptors (Lipinski definition) is 2. The Hall–Kier alpha value is -1.35. The molecule has 0 aromatic heterocycles. The molecule has 1 fully saturated rings. The first-order valence-electron chi connectivity index (χ1n) is 7.34. The van der Waals surface area contributed by atoms with E-state index in [-0.39, 0.29) is 5.91 Å². The van der Waals surface area contributed by atoms with Crippen LogP contribution < -0.4 is 10.6 Å². The van der Waals surface area contributed by atoms with Gasteiger partial charge in [-0.2, -0.15) is 0 Å². The van der Waals surface area contributed by atoms with E-state index in [4.69, 9.17) is 0 Å². The molecule has 0 unspecified atom stereocenters. The Morgan fingerprint density at radius 2 is 1.74 bits per heavy atom. The lowest BCUT2D eigenvalue weighted by atomic mass is 9.91. The molecule has 2 N–H and O–H groups in total. The van der Waals surface area contributed by atoms with Crippen LogP contribution in [0.3, 0.4) is 0 Å². The summed E-state index contributed by atoms with van der Waals surface area (Å²) < 4.78 is 0. The Balaban J connectivity index is 1.72. The van der Waals surface area contributed by atoms with Crippen molar-refractivity contribution in [2.75, 3.05) is 6.54 Å². The van der Waals surface area contributed by atoms with Crippen molar-refractivity contribution in [3.05, 3.63) is 35.9 Å². The first-order valence-corrected chi connectivity index (χ1v) is 7.34. The highest BCUT2D eigenvalue weighted by molar-refractivity contribution is 5.78. The SMILES string of the molecule is CCNC1CCC(NC(=O)Cc2ccccc2)CC1. The van der Waals surface area contributed by atoms with Gasteiger partial charge in [0.25, 0.3) is 0 Å². The van der Waals surface area contributed by atoms with Crippen LogP contribution in [0.25, 0.3) is 0 Å². The van der Waals surface area contributed by atoms with E-state index in [1.165, 1.54) is 12.8 Å². The van der Waals surface area contributed by atoms with Crippen LogP contribution in [0.15, 0.2) is 30.3 Å². The first kappa shape index (κ1) is 14.1. The zero-order valence-electron chi connectivity index (χ0n) is 11.7. The highest BCUT2D eigenvalue weighted by Gasteiger charge is 2.21. The summed E-state index contributed by atoms with van der Waals surface area (Å²) in [5.74, 6) is 0.151. The second kappa shape index (κ2) is 7.29. The summed E-state index contributed by atoms with van der Waals surface area (Å²) in [4.78, 5) is 12.0. The summed E-state index contributed by atoms with van der Waals surface area (Å²) in [5, 5.41) is 6.65. The van der Waals surface area contributed by atoms with E-state index in [1.807, 2.05) is 30.3 Å². The van der Waals surface area contributed by atoms with Crippen molar-refractivity contribution in [2.45, 2.75) is 51.1 Å². The lowest BCUT2D eigenvalue weighted by Gasteiger charge is -2.29. The molecule has 19 heavy (non-hydrogen) atoms. The summed E-state index contributed by atoms with van der Waals surface area (Å²) in [6.07, 6.45) is 5.03. The molecule has 0 saturated heterocycles. The van der Waals surface area contributed by atoms with Crippen LogP contribution in [-0.4, -0.2) is 24.5 Å². The van der Waals surface area contributed by atoms with Crippen LogP contribution in [0, 0.1) is 0 Å². The quantitative estimate of drug-likeness (QED) is 0.852. The maximum absolute atomic E-state index is 12.0. The molecule has 1 aromatic carbocycles. The van der Waals surface area contributed by atoms with E-state index < -0.39 is 0 Å². The van der Waals surface area contributed by atoms with Gasteiger partial charge in [0.1, 0.15) is 0 Å². The van der Waals surface area contributed by atoms with Gasteiger partial charge < -0.3 is 10.6 Å². The molecule has 3 nitrogen and oxygen atoms in total. The minimum atomic E-state index is 0.151. The minimum Gasteiger partial charge on any atom is -0.353 e. The van der Waals surface area contributed by atoms with Crippen LogP contribution in [0.5, 0.6) is 0 Å². The monoisotopic (exact) mass is 260 g/mol. The van der Waals surface area contributed by atoms with Gasteiger partial charge in [-0.25, -0.2) is 0 Å². The second-order valence-electron chi connectivity index (χ2n) is 5.34. The van der Waals surface area contributed by atoms with Gasteiger partial charge in [0.05, 0.1) is 6.42 Å². The molecule has 0 bridgehead atoms. The molecule has 0 spiro atoms. The van der Waals surface area contributed by atoms with E-state index in [9.17, 15) is 4.79 Å². The zero-order chi connectivity index (χ0) is 13.5. The molecule has 1 aliphatic rings. The third kappa shape index (κ3) is 4.67. The van der Waals surface area contributed by atoms with Gasteiger partial charge in [0, 0.05) is 12.1 Å². The standard InChI is InChI=1S/C16H24N2O/c1-2-17-14-8-10-15(11-9-14)18-16(19)12-13-6-4-3-5-7-13/h3-7,14-15,17H,2,8-12H2,1H3,(H,18,19). The van der Waals surface area contributed by atoms with E-state index in [2.05, 4.69) is 17.6 Å². The fourth-order valence-electron chi connectivity index (χ4n) is 2.79. The average molecular weight is 260 g/mol. The Kier molecular flexibility index (Phi) is 5.40. The molecular weight excluding hydrogens is 236 g/mol. The third-order valence-electron chi connectivity index (χ3n) is 3.79. The van der Waals surface area contributed by atoms with Gasteiger partial charge in [-0.1, -0.05) is 37.3 Å². The van der Waals surface area contributed by atoms with Crippen LogP contribution in [-0.2, 0) is 11.2 Å². The topological polar surface area (TPSA) is 41.1 Å². The molecule has 1 aliphatic carbocycles. The molecule has 0 heterocycles. The predicted octanol–water partition coefficient (Wildman–Crippen LogP) is 2.27. The number of benzene rings is 1. The molecule has 104 valence electrons. The minimum absolute atomic E-state index is 0.151. The van der Waals surface area contributed by atoms with Crippen LogP contribution in [0.1, 0.15) is 38.2 Å². The van der Waals surface area contributed by atoms with Crippen molar-refractivity contribution >= 4 is 5.91 Å². The van der Waals surface area contributed by atoms with E-state index >= 15 is 0 Å². The second-order valence-corrected chi connectivity index (χ2v) is 5.34. The maximum atomic E-state index is 12.0. The average Bonchev–Trinajstić information content (AvgIpc) is 2.42. The van der Waals surface area contributed by atoms with Crippen molar-refractivity contribution in [2.24, 2.45) is 0 Å². The fraction of sp³-hybridized carbons (Fsp3) is 0.562. The lowest BCUT2D eigenvalue weighted by Crippen LogP contribution is -2.42.